The fraction of sp³-hybridized carbons (Fsp3) is 0.235. The van der Waals surface area contributed by atoms with Crippen LogP contribution in [0.3, 0.4) is 0 Å². The van der Waals surface area contributed by atoms with E-state index in [9.17, 15) is 4.79 Å². The molecule has 0 heterocycles. The molecule has 2 nitrogen and oxygen atoms in total. The zero-order valence-corrected chi connectivity index (χ0v) is 12.6. The molecule has 2 aromatic rings. The number of carbonyl (C=O) groups excluding carboxylic acids is 1. The molecule has 0 aliphatic rings. The topological polar surface area (TPSA) is 29.1 Å². The largest absolute Gasteiger partial charge is 0.349 e. The Morgan fingerprint density at radius 2 is 1.75 bits per heavy atom. The quantitative estimate of drug-likeness (QED) is 0.846. The fourth-order valence-electron chi connectivity index (χ4n) is 2.05. The molecule has 1 N–H and O–H groups in total. The molecule has 1 amide bonds. The average Bonchev–Trinajstić information content (AvgIpc) is 2.48. The van der Waals surface area contributed by atoms with Gasteiger partial charge in [0.15, 0.2) is 0 Å². The highest BCUT2D eigenvalue weighted by Gasteiger charge is 2.09. The third kappa shape index (κ3) is 4.14. The van der Waals surface area contributed by atoms with Crippen molar-refractivity contribution in [2.45, 2.75) is 24.3 Å². The first kappa shape index (κ1) is 14.7. The Morgan fingerprint density at radius 3 is 2.35 bits per heavy atom. The summed E-state index contributed by atoms with van der Waals surface area (Å²) in [6.45, 7) is 2.01. The lowest BCUT2D eigenvalue weighted by atomic mass is 10.1. The van der Waals surface area contributed by atoms with Crippen molar-refractivity contribution in [3.05, 3.63) is 65.7 Å². The minimum Gasteiger partial charge on any atom is -0.349 e. The first-order chi connectivity index (χ1) is 9.69. The van der Waals surface area contributed by atoms with E-state index in [0.29, 0.717) is 6.42 Å². The van der Waals surface area contributed by atoms with Crippen molar-refractivity contribution in [3.8, 4) is 0 Å². The molecule has 1 atom stereocenters. The SMILES string of the molecule is CSc1ccc([C@H](C)NC(=O)Cc2ccccc2)cc1. The summed E-state index contributed by atoms with van der Waals surface area (Å²) in [6.07, 6.45) is 2.48. The molecule has 2 aromatic carbocycles. The summed E-state index contributed by atoms with van der Waals surface area (Å²) in [4.78, 5) is 13.2. The maximum absolute atomic E-state index is 12.0. The highest BCUT2D eigenvalue weighted by atomic mass is 32.2. The van der Waals surface area contributed by atoms with Crippen LogP contribution in [-0.2, 0) is 11.2 Å². The van der Waals surface area contributed by atoms with E-state index in [1.165, 1.54) is 4.90 Å². The van der Waals surface area contributed by atoms with Gasteiger partial charge in [0.2, 0.25) is 5.91 Å². The van der Waals surface area contributed by atoms with Gasteiger partial charge in [-0.25, -0.2) is 0 Å². The number of thioether (sulfide) groups is 1. The van der Waals surface area contributed by atoms with Gasteiger partial charge in [0.1, 0.15) is 0 Å². The molecule has 0 aromatic heterocycles. The smallest absolute Gasteiger partial charge is 0.224 e. The molecule has 0 saturated heterocycles. The van der Waals surface area contributed by atoms with Crippen molar-refractivity contribution >= 4 is 17.7 Å². The van der Waals surface area contributed by atoms with E-state index >= 15 is 0 Å². The molecular formula is C17H19NOS. The van der Waals surface area contributed by atoms with Crippen LogP contribution in [0.1, 0.15) is 24.1 Å². The summed E-state index contributed by atoms with van der Waals surface area (Å²) in [5.74, 6) is 0.0534. The minimum absolute atomic E-state index is 0.0297. The van der Waals surface area contributed by atoms with Crippen molar-refractivity contribution in [1.82, 2.24) is 5.32 Å². The van der Waals surface area contributed by atoms with Gasteiger partial charge in [0.25, 0.3) is 0 Å². The van der Waals surface area contributed by atoms with Gasteiger partial charge in [-0.05, 0) is 36.4 Å². The number of benzene rings is 2. The Hall–Kier alpha value is -1.74. The van der Waals surface area contributed by atoms with Crippen molar-refractivity contribution in [3.63, 3.8) is 0 Å². The Kier molecular flexibility index (Phi) is 5.24. The molecule has 0 spiro atoms. The van der Waals surface area contributed by atoms with E-state index < -0.39 is 0 Å². The lowest BCUT2D eigenvalue weighted by Crippen LogP contribution is -2.28. The number of hydrogen-bond acceptors (Lipinski definition) is 2. The lowest BCUT2D eigenvalue weighted by molar-refractivity contribution is -0.121. The van der Waals surface area contributed by atoms with E-state index in [0.717, 1.165) is 11.1 Å². The van der Waals surface area contributed by atoms with E-state index in [4.69, 9.17) is 0 Å². The number of nitrogens with one attached hydrogen (secondary N) is 1. The van der Waals surface area contributed by atoms with Gasteiger partial charge in [-0.1, -0.05) is 42.5 Å². The highest BCUT2D eigenvalue weighted by molar-refractivity contribution is 7.98. The first-order valence-corrected chi connectivity index (χ1v) is 7.89. The van der Waals surface area contributed by atoms with Gasteiger partial charge >= 0.3 is 0 Å². The van der Waals surface area contributed by atoms with Gasteiger partial charge < -0.3 is 5.32 Å². The zero-order chi connectivity index (χ0) is 14.4. The lowest BCUT2D eigenvalue weighted by Gasteiger charge is -2.14. The zero-order valence-electron chi connectivity index (χ0n) is 11.8. The van der Waals surface area contributed by atoms with Gasteiger partial charge in [-0.2, -0.15) is 0 Å². The van der Waals surface area contributed by atoms with Crippen LogP contribution in [0.4, 0.5) is 0 Å². The molecule has 0 radical (unpaired) electrons. The summed E-state index contributed by atoms with van der Waals surface area (Å²) < 4.78 is 0. The third-order valence-electron chi connectivity index (χ3n) is 3.20. The van der Waals surface area contributed by atoms with Crippen molar-refractivity contribution in [2.24, 2.45) is 0 Å². The van der Waals surface area contributed by atoms with Crippen LogP contribution < -0.4 is 5.32 Å². The fourth-order valence-corrected chi connectivity index (χ4v) is 2.46. The molecule has 104 valence electrons. The van der Waals surface area contributed by atoms with Gasteiger partial charge in [0.05, 0.1) is 12.5 Å². The summed E-state index contributed by atoms with van der Waals surface area (Å²) >= 11 is 1.72. The Balaban J connectivity index is 1.93. The van der Waals surface area contributed by atoms with Crippen molar-refractivity contribution in [1.29, 1.82) is 0 Å². The summed E-state index contributed by atoms with van der Waals surface area (Å²) in [7, 11) is 0. The van der Waals surface area contributed by atoms with Crippen LogP contribution >= 0.6 is 11.8 Å². The predicted octanol–water partition coefficient (Wildman–Crippen LogP) is 3.83. The minimum atomic E-state index is 0.0297. The molecule has 0 unspecified atom stereocenters. The number of hydrogen-bond donors (Lipinski definition) is 1. The predicted molar refractivity (Wildman–Crippen MR) is 84.9 cm³/mol. The number of carbonyl (C=O) groups is 1. The summed E-state index contributed by atoms with van der Waals surface area (Å²) in [5, 5.41) is 3.04. The number of amides is 1. The summed E-state index contributed by atoms with van der Waals surface area (Å²) in [6, 6.07) is 18.1. The molecule has 0 bridgehead atoms. The second-order valence-corrected chi connectivity index (χ2v) is 5.60. The van der Waals surface area contributed by atoms with E-state index in [1.807, 2.05) is 37.3 Å². The van der Waals surface area contributed by atoms with Crippen LogP contribution in [0.5, 0.6) is 0 Å². The van der Waals surface area contributed by atoms with Crippen LogP contribution in [0.15, 0.2) is 59.5 Å². The molecule has 0 aliphatic carbocycles. The maximum atomic E-state index is 12.0. The van der Waals surface area contributed by atoms with Crippen molar-refractivity contribution < 1.29 is 4.79 Å². The second-order valence-electron chi connectivity index (χ2n) is 4.72. The van der Waals surface area contributed by atoms with Gasteiger partial charge in [0, 0.05) is 4.90 Å². The monoisotopic (exact) mass is 285 g/mol. The van der Waals surface area contributed by atoms with Crippen LogP contribution in [0, 0.1) is 0 Å². The van der Waals surface area contributed by atoms with Gasteiger partial charge in [-0.3, -0.25) is 4.79 Å². The van der Waals surface area contributed by atoms with Gasteiger partial charge in [-0.15, -0.1) is 11.8 Å². The summed E-state index contributed by atoms with van der Waals surface area (Å²) in [5.41, 5.74) is 2.17. The van der Waals surface area contributed by atoms with Crippen LogP contribution in [0.2, 0.25) is 0 Å². The molecule has 20 heavy (non-hydrogen) atoms. The second kappa shape index (κ2) is 7.15. The van der Waals surface area contributed by atoms with Crippen LogP contribution in [0.25, 0.3) is 0 Å². The maximum Gasteiger partial charge on any atom is 0.224 e. The Labute approximate surface area is 124 Å². The van der Waals surface area contributed by atoms with E-state index in [-0.39, 0.29) is 11.9 Å². The number of rotatable bonds is 5. The normalized spacial score (nSPS) is 11.9. The highest BCUT2D eigenvalue weighted by Crippen LogP contribution is 2.18. The Morgan fingerprint density at radius 1 is 1.10 bits per heavy atom. The Bertz CT molecular complexity index is 551. The molecule has 2 rings (SSSR count). The van der Waals surface area contributed by atoms with E-state index in [1.54, 1.807) is 11.8 Å². The van der Waals surface area contributed by atoms with E-state index in [2.05, 4.69) is 35.8 Å². The molecule has 0 aliphatic heterocycles. The molecule has 0 fully saturated rings. The molecular weight excluding hydrogens is 266 g/mol. The first-order valence-electron chi connectivity index (χ1n) is 6.66. The third-order valence-corrected chi connectivity index (χ3v) is 3.94. The standard InChI is InChI=1S/C17H19NOS/c1-13(15-8-10-16(20-2)11-9-15)18-17(19)12-14-6-4-3-5-7-14/h3-11,13H,12H2,1-2H3,(H,18,19)/t13-/m0/s1. The van der Waals surface area contributed by atoms with Crippen LogP contribution in [-0.4, -0.2) is 12.2 Å². The van der Waals surface area contributed by atoms with Crippen molar-refractivity contribution in [2.75, 3.05) is 6.26 Å². The molecule has 0 saturated carbocycles. The average molecular weight is 285 g/mol. The molecule has 3 heteroatoms.